The Balaban J connectivity index is 0.00000128. The summed E-state index contributed by atoms with van der Waals surface area (Å²) in [6.45, 7) is 0.420. The van der Waals surface area contributed by atoms with Crippen LogP contribution in [0, 0.1) is 17.1 Å². The second-order valence-corrected chi connectivity index (χ2v) is 3.90. The van der Waals surface area contributed by atoms with Crippen LogP contribution in [-0.4, -0.2) is 12.1 Å². The van der Waals surface area contributed by atoms with E-state index >= 15 is 0 Å². The molecule has 1 saturated carbocycles. The van der Waals surface area contributed by atoms with Crippen LogP contribution < -0.4 is 10.5 Å². The van der Waals surface area contributed by atoms with Crippen molar-refractivity contribution in [2.45, 2.75) is 18.4 Å². The van der Waals surface area contributed by atoms with E-state index in [1.807, 2.05) is 0 Å². The lowest BCUT2D eigenvalue weighted by atomic mass is 10.2. The zero-order valence-corrected chi connectivity index (χ0v) is 9.39. The van der Waals surface area contributed by atoms with Crippen molar-refractivity contribution >= 4 is 12.4 Å². The summed E-state index contributed by atoms with van der Waals surface area (Å²) in [6, 6.07) is 5.88. The molecule has 5 heteroatoms. The minimum Gasteiger partial charge on any atom is -0.492 e. The van der Waals surface area contributed by atoms with Crippen LogP contribution in [0.2, 0.25) is 0 Å². The number of hydrogen-bond donors (Lipinski definition) is 1. The van der Waals surface area contributed by atoms with Crippen molar-refractivity contribution in [3.05, 3.63) is 29.6 Å². The lowest BCUT2D eigenvalue weighted by Crippen LogP contribution is -2.29. The molecule has 1 aliphatic rings. The fourth-order valence-electron chi connectivity index (χ4n) is 1.21. The molecule has 0 unspecified atom stereocenters. The molecule has 16 heavy (non-hydrogen) atoms. The summed E-state index contributed by atoms with van der Waals surface area (Å²) in [5.41, 5.74) is 5.62. The minimum atomic E-state index is -0.529. The van der Waals surface area contributed by atoms with E-state index in [2.05, 4.69) is 0 Å². The van der Waals surface area contributed by atoms with Gasteiger partial charge in [-0.05, 0) is 25.0 Å². The quantitative estimate of drug-likeness (QED) is 0.882. The third-order valence-corrected chi connectivity index (χ3v) is 2.48. The van der Waals surface area contributed by atoms with Crippen molar-refractivity contribution in [2.24, 2.45) is 5.73 Å². The minimum absolute atomic E-state index is 0. The van der Waals surface area contributed by atoms with Crippen LogP contribution in [0.1, 0.15) is 18.4 Å². The van der Waals surface area contributed by atoms with Crippen LogP contribution in [0.4, 0.5) is 4.39 Å². The summed E-state index contributed by atoms with van der Waals surface area (Å²) in [5, 5.41) is 8.61. The third-order valence-electron chi connectivity index (χ3n) is 2.48. The molecule has 0 spiro atoms. The van der Waals surface area contributed by atoms with Crippen molar-refractivity contribution in [1.82, 2.24) is 0 Å². The molecule has 0 saturated heterocycles. The molecule has 1 aromatic carbocycles. The molecule has 86 valence electrons. The van der Waals surface area contributed by atoms with Crippen LogP contribution >= 0.6 is 12.4 Å². The summed E-state index contributed by atoms with van der Waals surface area (Å²) in [5.74, 6) is -0.0385. The molecule has 1 aliphatic carbocycles. The number of benzene rings is 1. The molecule has 1 aromatic rings. The zero-order valence-electron chi connectivity index (χ0n) is 8.57. The van der Waals surface area contributed by atoms with Gasteiger partial charge in [-0.3, -0.25) is 0 Å². The van der Waals surface area contributed by atoms with Gasteiger partial charge < -0.3 is 10.5 Å². The number of halogens is 2. The molecule has 2 N–H and O–H groups in total. The highest BCUT2D eigenvalue weighted by Crippen LogP contribution is 2.32. The number of rotatable bonds is 3. The predicted octanol–water partition coefficient (Wildman–Crippen LogP) is 1.99. The van der Waals surface area contributed by atoms with E-state index in [0.29, 0.717) is 12.4 Å². The van der Waals surface area contributed by atoms with Gasteiger partial charge in [-0.25, -0.2) is 4.39 Å². The summed E-state index contributed by atoms with van der Waals surface area (Å²) < 4.78 is 18.3. The van der Waals surface area contributed by atoms with E-state index in [1.54, 1.807) is 6.07 Å². The Bertz CT molecular complexity index is 426. The Kier molecular flexibility index (Phi) is 3.74. The van der Waals surface area contributed by atoms with Crippen LogP contribution in [0.25, 0.3) is 0 Å². The molecule has 0 amide bonds. The first-order valence-electron chi connectivity index (χ1n) is 4.74. The highest BCUT2D eigenvalue weighted by Gasteiger charge is 2.39. The van der Waals surface area contributed by atoms with E-state index in [9.17, 15) is 4.39 Å². The van der Waals surface area contributed by atoms with Crippen LogP contribution in [0.5, 0.6) is 5.75 Å². The first-order chi connectivity index (χ1) is 7.13. The SMILES string of the molecule is Cl.N#Cc1cc(OCC2(N)CC2)ccc1F. The lowest BCUT2D eigenvalue weighted by Gasteiger charge is -2.11. The molecule has 0 radical (unpaired) electrons. The molecule has 0 aliphatic heterocycles. The summed E-state index contributed by atoms with van der Waals surface area (Å²) >= 11 is 0. The Labute approximate surface area is 99.4 Å². The Morgan fingerprint density at radius 1 is 1.50 bits per heavy atom. The Morgan fingerprint density at radius 3 is 2.75 bits per heavy atom. The Morgan fingerprint density at radius 2 is 2.19 bits per heavy atom. The highest BCUT2D eigenvalue weighted by atomic mass is 35.5. The smallest absolute Gasteiger partial charge is 0.141 e. The maximum Gasteiger partial charge on any atom is 0.141 e. The topological polar surface area (TPSA) is 59.0 Å². The Hall–Kier alpha value is -1.31. The number of nitrogens with zero attached hydrogens (tertiary/aromatic N) is 1. The van der Waals surface area contributed by atoms with Crippen LogP contribution in [-0.2, 0) is 0 Å². The molecular formula is C11H12ClFN2O. The summed E-state index contributed by atoms with van der Waals surface area (Å²) in [4.78, 5) is 0. The number of nitrogens with two attached hydrogens (primary N) is 1. The zero-order chi connectivity index (χ0) is 10.9. The number of nitriles is 1. The second kappa shape index (κ2) is 4.69. The van der Waals surface area contributed by atoms with Crippen LogP contribution in [0.15, 0.2) is 18.2 Å². The average molecular weight is 243 g/mol. The van der Waals surface area contributed by atoms with E-state index in [-0.39, 0.29) is 23.5 Å². The van der Waals surface area contributed by atoms with E-state index < -0.39 is 5.82 Å². The third kappa shape index (κ3) is 2.84. The fourth-order valence-corrected chi connectivity index (χ4v) is 1.21. The van der Waals surface area contributed by atoms with Gasteiger partial charge in [-0.15, -0.1) is 12.4 Å². The summed E-state index contributed by atoms with van der Waals surface area (Å²) in [6.07, 6.45) is 1.92. The lowest BCUT2D eigenvalue weighted by molar-refractivity contribution is 0.279. The number of ether oxygens (including phenoxy) is 1. The van der Waals surface area contributed by atoms with Gasteiger partial charge in [0.15, 0.2) is 0 Å². The molecule has 0 heterocycles. The van der Waals surface area contributed by atoms with Crippen molar-refractivity contribution in [1.29, 1.82) is 5.26 Å². The largest absolute Gasteiger partial charge is 0.492 e. The second-order valence-electron chi connectivity index (χ2n) is 3.90. The van der Waals surface area contributed by atoms with Gasteiger partial charge in [0.2, 0.25) is 0 Å². The maximum absolute atomic E-state index is 13.0. The van der Waals surface area contributed by atoms with Crippen molar-refractivity contribution in [3.63, 3.8) is 0 Å². The molecule has 2 rings (SSSR count). The van der Waals surface area contributed by atoms with E-state index in [4.69, 9.17) is 15.7 Å². The van der Waals surface area contributed by atoms with Gasteiger partial charge in [0, 0.05) is 6.07 Å². The normalized spacial score (nSPS) is 15.8. The van der Waals surface area contributed by atoms with Gasteiger partial charge in [0.05, 0.1) is 11.1 Å². The van der Waals surface area contributed by atoms with E-state index in [1.165, 1.54) is 18.2 Å². The van der Waals surface area contributed by atoms with Gasteiger partial charge in [0.1, 0.15) is 24.2 Å². The van der Waals surface area contributed by atoms with Gasteiger partial charge in [-0.2, -0.15) is 5.26 Å². The van der Waals surface area contributed by atoms with Gasteiger partial charge >= 0.3 is 0 Å². The molecule has 0 bridgehead atoms. The number of hydrogen-bond acceptors (Lipinski definition) is 3. The first kappa shape index (κ1) is 12.8. The predicted molar refractivity (Wildman–Crippen MR) is 60.0 cm³/mol. The standard InChI is InChI=1S/C11H11FN2O.ClH/c12-10-2-1-9(5-8(10)6-13)15-7-11(14)3-4-11;/h1-2,5H,3-4,7,14H2;1H. The highest BCUT2D eigenvalue weighted by molar-refractivity contribution is 5.85. The van der Waals surface area contributed by atoms with Crippen molar-refractivity contribution in [3.8, 4) is 11.8 Å². The molecule has 0 aromatic heterocycles. The van der Waals surface area contributed by atoms with Gasteiger partial charge in [-0.1, -0.05) is 0 Å². The van der Waals surface area contributed by atoms with Gasteiger partial charge in [0.25, 0.3) is 0 Å². The van der Waals surface area contributed by atoms with E-state index in [0.717, 1.165) is 12.8 Å². The van der Waals surface area contributed by atoms with Crippen LogP contribution in [0.3, 0.4) is 0 Å². The average Bonchev–Trinajstić information content (AvgIpc) is 2.96. The maximum atomic E-state index is 13.0. The van der Waals surface area contributed by atoms with Crippen molar-refractivity contribution < 1.29 is 9.13 Å². The molecule has 3 nitrogen and oxygen atoms in total. The summed E-state index contributed by atoms with van der Waals surface area (Å²) in [7, 11) is 0. The monoisotopic (exact) mass is 242 g/mol. The molecule has 0 atom stereocenters. The molecular weight excluding hydrogens is 231 g/mol. The first-order valence-corrected chi connectivity index (χ1v) is 4.74. The van der Waals surface area contributed by atoms with Crippen molar-refractivity contribution in [2.75, 3.05) is 6.61 Å². The molecule has 1 fully saturated rings. The fraction of sp³-hybridized carbons (Fsp3) is 0.364.